The number of hydrogen-bond acceptors (Lipinski definition) is 4. The molecular formula is C24H28O4. The lowest BCUT2D eigenvalue weighted by molar-refractivity contribution is -0.185. The number of allylic oxidation sites excluding steroid dienone is 1. The van der Waals surface area contributed by atoms with E-state index in [1.165, 1.54) is 0 Å². The third-order valence-electron chi connectivity index (χ3n) is 7.44. The highest BCUT2D eigenvalue weighted by molar-refractivity contribution is 6.36. The van der Waals surface area contributed by atoms with Crippen LogP contribution in [-0.4, -0.2) is 30.1 Å². The Morgan fingerprint density at radius 2 is 1.93 bits per heavy atom. The zero-order chi connectivity index (χ0) is 20.2. The molecule has 0 spiro atoms. The lowest BCUT2D eigenvalue weighted by Crippen LogP contribution is -2.74. The average molecular weight is 380 g/mol. The minimum Gasteiger partial charge on any atom is -0.372 e. The van der Waals surface area contributed by atoms with Crippen molar-refractivity contribution in [2.75, 3.05) is 7.11 Å². The molecule has 4 fully saturated rings. The second-order valence-electron chi connectivity index (χ2n) is 8.50. The molecule has 1 aromatic carbocycles. The topological polar surface area (TPSA) is 60.4 Å². The summed E-state index contributed by atoms with van der Waals surface area (Å²) in [5, 5.41) is 0. The van der Waals surface area contributed by atoms with E-state index in [9.17, 15) is 14.4 Å². The Morgan fingerprint density at radius 1 is 1.21 bits per heavy atom. The second-order valence-corrected chi connectivity index (χ2v) is 8.50. The Kier molecular flexibility index (Phi) is 4.46. The second kappa shape index (κ2) is 6.48. The normalized spacial score (nSPS) is 37.7. The van der Waals surface area contributed by atoms with Gasteiger partial charge in [-0.15, -0.1) is 0 Å². The van der Waals surface area contributed by atoms with Crippen LogP contribution >= 0.6 is 0 Å². The van der Waals surface area contributed by atoms with Gasteiger partial charge in [-0.05, 0) is 38.0 Å². The van der Waals surface area contributed by atoms with Gasteiger partial charge in [0, 0.05) is 18.2 Å². The van der Waals surface area contributed by atoms with Crippen molar-refractivity contribution in [1.82, 2.24) is 0 Å². The van der Waals surface area contributed by atoms with Crippen LogP contribution in [0.25, 0.3) is 0 Å². The molecule has 0 N–H and O–H groups in total. The Balaban J connectivity index is 2.00. The van der Waals surface area contributed by atoms with Crippen molar-refractivity contribution < 1.29 is 19.1 Å². The van der Waals surface area contributed by atoms with Crippen LogP contribution in [0.15, 0.2) is 42.0 Å². The minimum atomic E-state index is -1.58. The van der Waals surface area contributed by atoms with Crippen molar-refractivity contribution in [2.24, 2.45) is 16.7 Å². The van der Waals surface area contributed by atoms with Gasteiger partial charge >= 0.3 is 0 Å². The molecule has 148 valence electrons. The van der Waals surface area contributed by atoms with E-state index in [0.29, 0.717) is 30.4 Å². The van der Waals surface area contributed by atoms with Crippen LogP contribution < -0.4 is 0 Å². The van der Waals surface area contributed by atoms with E-state index in [0.717, 1.165) is 12.8 Å². The van der Waals surface area contributed by atoms with Crippen molar-refractivity contribution in [2.45, 2.75) is 58.0 Å². The highest BCUT2D eigenvalue weighted by Crippen LogP contribution is 2.71. The van der Waals surface area contributed by atoms with E-state index in [1.807, 2.05) is 19.1 Å². The van der Waals surface area contributed by atoms with Crippen molar-refractivity contribution >= 4 is 17.3 Å². The maximum atomic E-state index is 14.1. The van der Waals surface area contributed by atoms with Gasteiger partial charge < -0.3 is 4.74 Å². The summed E-state index contributed by atoms with van der Waals surface area (Å²) < 4.78 is 6.12. The van der Waals surface area contributed by atoms with Gasteiger partial charge in [0.25, 0.3) is 0 Å². The third kappa shape index (κ3) is 1.97. The number of methoxy groups -OCH3 is 1. The Labute approximate surface area is 166 Å². The van der Waals surface area contributed by atoms with Crippen molar-refractivity contribution in [3.8, 4) is 0 Å². The molecular weight excluding hydrogens is 352 g/mol. The number of hydrogen-bond donors (Lipinski definition) is 0. The fraction of sp³-hybridized carbons (Fsp3) is 0.542. The maximum Gasteiger partial charge on any atom is 0.184 e. The highest BCUT2D eigenvalue weighted by atomic mass is 16.5. The van der Waals surface area contributed by atoms with E-state index in [2.05, 4.69) is 6.92 Å². The predicted molar refractivity (Wildman–Crippen MR) is 106 cm³/mol. The number of carbonyl (C=O) groups excluding carboxylic acids is 3. The third-order valence-corrected chi connectivity index (χ3v) is 7.44. The molecule has 4 heteroatoms. The van der Waals surface area contributed by atoms with Gasteiger partial charge in [0.15, 0.2) is 22.8 Å². The van der Waals surface area contributed by atoms with Crippen molar-refractivity contribution in [1.29, 1.82) is 0 Å². The van der Waals surface area contributed by atoms with Crippen LogP contribution in [0.1, 0.15) is 62.7 Å². The monoisotopic (exact) mass is 380 g/mol. The Morgan fingerprint density at radius 3 is 2.54 bits per heavy atom. The molecule has 5 rings (SSSR count). The summed E-state index contributed by atoms with van der Waals surface area (Å²) in [4.78, 5) is 41.5. The first kappa shape index (κ1) is 19.3. The van der Waals surface area contributed by atoms with Gasteiger partial charge in [0.1, 0.15) is 5.60 Å². The quantitative estimate of drug-likeness (QED) is 0.419. The Hall–Kier alpha value is -2.07. The molecule has 4 bridgehead atoms. The number of ether oxygens (including phenoxy) is 1. The summed E-state index contributed by atoms with van der Waals surface area (Å²) in [5.74, 6) is -0.823. The molecule has 0 radical (unpaired) electrons. The number of ketones is 3. The van der Waals surface area contributed by atoms with E-state index in [4.69, 9.17) is 4.74 Å². The molecule has 4 saturated carbocycles. The average Bonchev–Trinajstić information content (AvgIpc) is 2.97. The standard InChI is InChI=1S/C24H28O4/c1-4-9-18-20(26)23(19(25)16-10-7-6-8-11-16)15-17-12-14-22(13-5-2,21(23)27)24(17,18)28-3/h6-11,17H,4-5,12-15H2,1-3H3/b18-9+/t17-,22-,23-,24+/m0/s1. The fourth-order valence-corrected chi connectivity index (χ4v) is 6.58. The van der Waals surface area contributed by atoms with Gasteiger partial charge in [-0.1, -0.05) is 56.7 Å². The number of rotatable bonds is 6. The van der Waals surface area contributed by atoms with Crippen LogP contribution in [0, 0.1) is 16.7 Å². The number of fused-ring (bicyclic) bond motifs is 1. The number of Topliss-reactive ketones (excluding diaryl/α,β-unsaturated/α-hetero) is 3. The molecule has 1 aromatic rings. The van der Waals surface area contributed by atoms with Crippen molar-refractivity contribution in [3.05, 3.63) is 47.5 Å². The molecule has 0 heterocycles. The molecule has 0 saturated heterocycles. The summed E-state index contributed by atoms with van der Waals surface area (Å²) in [5.41, 5.74) is -2.22. The van der Waals surface area contributed by atoms with E-state index >= 15 is 0 Å². The zero-order valence-electron chi connectivity index (χ0n) is 16.9. The van der Waals surface area contributed by atoms with Crippen LogP contribution in [0.5, 0.6) is 0 Å². The van der Waals surface area contributed by atoms with Crippen LogP contribution in [0.4, 0.5) is 0 Å². The number of carbonyl (C=O) groups is 3. The van der Waals surface area contributed by atoms with Crippen LogP contribution in [-0.2, 0) is 14.3 Å². The Bertz CT molecular complexity index is 866. The van der Waals surface area contributed by atoms with Gasteiger partial charge in [-0.3, -0.25) is 14.4 Å². The molecule has 0 amide bonds. The fourth-order valence-electron chi connectivity index (χ4n) is 6.58. The molecule has 4 atom stereocenters. The lowest BCUT2D eigenvalue weighted by Gasteiger charge is -2.60. The summed E-state index contributed by atoms with van der Waals surface area (Å²) in [6.45, 7) is 4.03. The smallest absolute Gasteiger partial charge is 0.184 e. The maximum absolute atomic E-state index is 14.1. The summed E-state index contributed by atoms with van der Waals surface area (Å²) in [6.07, 6.45) is 5.83. The molecule has 0 aliphatic heterocycles. The molecule has 4 aliphatic rings. The van der Waals surface area contributed by atoms with E-state index in [1.54, 1.807) is 31.4 Å². The largest absolute Gasteiger partial charge is 0.372 e. The summed E-state index contributed by atoms with van der Waals surface area (Å²) in [7, 11) is 1.63. The molecule has 4 nitrogen and oxygen atoms in total. The van der Waals surface area contributed by atoms with Crippen LogP contribution in [0.2, 0.25) is 0 Å². The van der Waals surface area contributed by atoms with E-state index < -0.39 is 16.4 Å². The van der Waals surface area contributed by atoms with Crippen molar-refractivity contribution in [3.63, 3.8) is 0 Å². The van der Waals surface area contributed by atoms with Gasteiger partial charge in [0.05, 0.1) is 5.41 Å². The summed E-state index contributed by atoms with van der Waals surface area (Å²) >= 11 is 0. The van der Waals surface area contributed by atoms with Crippen LogP contribution in [0.3, 0.4) is 0 Å². The van der Waals surface area contributed by atoms with E-state index in [-0.39, 0.29) is 29.7 Å². The molecule has 4 aliphatic carbocycles. The first-order valence-corrected chi connectivity index (χ1v) is 10.4. The first-order chi connectivity index (χ1) is 13.5. The van der Waals surface area contributed by atoms with Gasteiger partial charge in [-0.2, -0.15) is 0 Å². The first-order valence-electron chi connectivity index (χ1n) is 10.4. The summed E-state index contributed by atoms with van der Waals surface area (Å²) in [6, 6.07) is 8.82. The lowest BCUT2D eigenvalue weighted by atomic mass is 9.42. The minimum absolute atomic E-state index is 0.0184. The number of benzene rings is 1. The molecule has 28 heavy (non-hydrogen) atoms. The highest BCUT2D eigenvalue weighted by Gasteiger charge is 2.81. The zero-order valence-corrected chi connectivity index (χ0v) is 16.9. The predicted octanol–water partition coefficient (Wildman–Crippen LogP) is 4.33. The SMILES string of the molecule is CC/C=C1\C(=O)[C@@]2(C(=O)c3ccccc3)C[C@@H]3CC[C@@](CCC)(C2=O)[C@]13OC. The van der Waals surface area contributed by atoms with Gasteiger partial charge in [-0.25, -0.2) is 0 Å². The van der Waals surface area contributed by atoms with Gasteiger partial charge in [0.2, 0.25) is 0 Å². The molecule has 0 aromatic heterocycles. The molecule has 0 unspecified atom stereocenters.